The van der Waals surface area contributed by atoms with Crippen molar-refractivity contribution in [2.45, 2.75) is 33.9 Å². The minimum Gasteiger partial charge on any atom is -0.357 e. The molecule has 0 unspecified atom stereocenters. The summed E-state index contributed by atoms with van der Waals surface area (Å²) in [6.45, 7) is 7.76. The van der Waals surface area contributed by atoms with Gasteiger partial charge in [-0.3, -0.25) is 0 Å². The van der Waals surface area contributed by atoms with Crippen molar-refractivity contribution in [2.75, 3.05) is 6.54 Å². The van der Waals surface area contributed by atoms with E-state index < -0.39 is 0 Å². The van der Waals surface area contributed by atoms with Crippen LogP contribution in [-0.2, 0) is 13.1 Å². The molecule has 0 aliphatic heterocycles. The van der Waals surface area contributed by atoms with E-state index >= 15 is 0 Å². The molecule has 2 rings (SSSR count). The maximum Gasteiger partial charge on any atom is 0.191 e. The van der Waals surface area contributed by atoms with Crippen molar-refractivity contribution in [1.29, 1.82) is 0 Å². The highest BCUT2D eigenvalue weighted by Gasteiger charge is 2.03. The van der Waals surface area contributed by atoms with Gasteiger partial charge in [0.2, 0.25) is 0 Å². The van der Waals surface area contributed by atoms with Gasteiger partial charge in [-0.25, -0.2) is 14.4 Å². The third-order valence-corrected chi connectivity index (χ3v) is 3.98. The highest BCUT2D eigenvalue weighted by atomic mass is 127. The predicted octanol–water partition coefficient (Wildman–Crippen LogP) is 3.77. The van der Waals surface area contributed by atoms with Gasteiger partial charge in [0.05, 0.1) is 13.1 Å². The first-order valence-corrected chi connectivity index (χ1v) is 8.08. The van der Waals surface area contributed by atoms with Crippen LogP contribution in [0.3, 0.4) is 0 Å². The number of nitrogens with zero attached hydrogens (tertiary/aromatic N) is 2. The molecule has 0 fully saturated rings. The third kappa shape index (κ3) is 6.42. The summed E-state index contributed by atoms with van der Waals surface area (Å²) in [7, 11) is 0. The van der Waals surface area contributed by atoms with Gasteiger partial charge in [-0.1, -0.05) is 12.1 Å². The summed E-state index contributed by atoms with van der Waals surface area (Å²) in [5.74, 6) is 0.550. The summed E-state index contributed by atoms with van der Waals surface area (Å²) in [6.07, 6.45) is 1.87. The Labute approximate surface area is 157 Å². The topological polar surface area (TPSA) is 49.3 Å². The minimum atomic E-state index is -0.183. The molecule has 0 spiro atoms. The Balaban J connectivity index is 0.00000264. The lowest BCUT2D eigenvalue weighted by Gasteiger charge is -2.10. The number of hydrogen-bond acceptors (Lipinski definition) is 3. The fourth-order valence-electron chi connectivity index (χ4n) is 1.96. The largest absolute Gasteiger partial charge is 0.357 e. The molecule has 23 heavy (non-hydrogen) atoms. The van der Waals surface area contributed by atoms with Crippen molar-refractivity contribution in [3.05, 3.63) is 51.2 Å². The van der Waals surface area contributed by atoms with Gasteiger partial charge in [-0.15, -0.1) is 35.3 Å². The Hall–Kier alpha value is -1.22. The Morgan fingerprint density at radius 2 is 2.09 bits per heavy atom. The number of benzene rings is 1. The van der Waals surface area contributed by atoms with Crippen LogP contribution in [0.25, 0.3) is 0 Å². The van der Waals surface area contributed by atoms with Crippen LogP contribution in [0.4, 0.5) is 4.39 Å². The third-order valence-electron chi connectivity index (χ3n) is 3.06. The molecule has 1 heterocycles. The number of nitrogens with one attached hydrogen (secondary N) is 2. The van der Waals surface area contributed by atoms with E-state index in [0.717, 1.165) is 23.1 Å². The van der Waals surface area contributed by atoms with Crippen molar-refractivity contribution in [3.8, 4) is 0 Å². The molecule has 0 saturated heterocycles. The summed E-state index contributed by atoms with van der Waals surface area (Å²) in [4.78, 5) is 10.0. The number of thiazole rings is 1. The molecule has 1 aromatic carbocycles. The second kappa shape index (κ2) is 9.82. The zero-order valence-electron chi connectivity index (χ0n) is 13.5. The number of aliphatic imine (C=N–C) groups is 1. The van der Waals surface area contributed by atoms with E-state index in [4.69, 9.17) is 0 Å². The highest BCUT2D eigenvalue weighted by Crippen LogP contribution is 2.11. The molecule has 2 N–H and O–H groups in total. The first-order chi connectivity index (χ1) is 10.6. The van der Waals surface area contributed by atoms with Crippen molar-refractivity contribution in [3.63, 3.8) is 0 Å². The van der Waals surface area contributed by atoms with Gasteiger partial charge >= 0.3 is 0 Å². The Morgan fingerprint density at radius 3 is 2.70 bits per heavy atom. The summed E-state index contributed by atoms with van der Waals surface area (Å²) in [6, 6.07) is 5.07. The van der Waals surface area contributed by atoms with E-state index in [2.05, 4.69) is 20.6 Å². The molecular weight excluding hydrogens is 426 g/mol. The Morgan fingerprint density at radius 1 is 1.30 bits per heavy atom. The Kier molecular flexibility index (Phi) is 8.46. The summed E-state index contributed by atoms with van der Waals surface area (Å²) in [5, 5.41) is 7.49. The van der Waals surface area contributed by atoms with Crippen LogP contribution in [0.2, 0.25) is 0 Å². The first kappa shape index (κ1) is 19.8. The minimum absolute atomic E-state index is 0. The second-order valence-electron chi connectivity index (χ2n) is 5.00. The lowest BCUT2D eigenvalue weighted by molar-refractivity contribution is 0.617. The van der Waals surface area contributed by atoms with Crippen molar-refractivity contribution < 1.29 is 4.39 Å². The molecule has 0 saturated carbocycles. The summed E-state index contributed by atoms with van der Waals surface area (Å²) >= 11 is 1.67. The van der Waals surface area contributed by atoms with E-state index in [9.17, 15) is 4.39 Å². The first-order valence-electron chi connectivity index (χ1n) is 7.27. The van der Waals surface area contributed by atoms with Crippen LogP contribution >= 0.6 is 35.3 Å². The average Bonchev–Trinajstić information content (AvgIpc) is 2.91. The maximum atomic E-state index is 13.3. The zero-order chi connectivity index (χ0) is 15.9. The normalized spacial score (nSPS) is 11.0. The molecule has 1 aromatic heterocycles. The molecule has 7 heteroatoms. The SMILES string of the molecule is CCNC(=NCc1ccc(F)c(C)c1)NCc1ncc(C)s1.I. The van der Waals surface area contributed by atoms with E-state index in [1.807, 2.05) is 26.1 Å². The molecular formula is C16H22FIN4S. The van der Waals surface area contributed by atoms with Crippen molar-refractivity contribution in [1.82, 2.24) is 15.6 Å². The summed E-state index contributed by atoms with van der Waals surface area (Å²) in [5.41, 5.74) is 1.63. The highest BCUT2D eigenvalue weighted by molar-refractivity contribution is 14.0. The monoisotopic (exact) mass is 448 g/mol. The number of rotatable bonds is 5. The second-order valence-corrected chi connectivity index (χ2v) is 6.32. The molecule has 126 valence electrons. The zero-order valence-corrected chi connectivity index (χ0v) is 16.7. The van der Waals surface area contributed by atoms with Crippen LogP contribution in [0, 0.1) is 19.7 Å². The van der Waals surface area contributed by atoms with Crippen LogP contribution in [-0.4, -0.2) is 17.5 Å². The summed E-state index contributed by atoms with van der Waals surface area (Å²) < 4.78 is 13.3. The molecule has 4 nitrogen and oxygen atoms in total. The van der Waals surface area contributed by atoms with Gasteiger partial charge in [0.1, 0.15) is 10.8 Å². The van der Waals surface area contributed by atoms with E-state index in [1.54, 1.807) is 24.3 Å². The number of guanidine groups is 1. The Bertz CT molecular complexity index is 657. The van der Waals surface area contributed by atoms with Crippen LogP contribution < -0.4 is 10.6 Å². The molecule has 2 aromatic rings. The van der Waals surface area contributed by atoms with Gasteiger partial charge in [0.25, 0.3) is 0 Å². The average molecular weight is 448 g/mol. The smallest absolute Gasteiger partial charge is 0.191 e. The van der Waals surface area contributed by atoms with Gasteiger partial charge in [-0.05, 0) is 38.0 Å². The fourth-order valence-corrected chi connectivity index (χ4v) is 2.69. The number of aromatic nitrogens is 1. The fraction of sp³-hybridized carbons (Fsp3) is 0.375. The number of hydrogen-bond donors (Lipinski definition) is 2. The van der Waals surface area contributed by atoms with Crippen LogP contribution in [0.15, 0.2) is 29.4 Å². The molecule has 0 atom stereocenters. The molecule has 0 amide bonds. The van der Waals surface area contributed by atoms with Crippen molar-refractivity contribution in [2.24, 2.45) is 4.99 Å². The maximum absolute atomic E-state index is 13.3. The van der Waals surface area contributed by atoms with E-state index in [-0.39, 0.29) is 29.8 Å². The molecule has 0 aliphatic rings. The van der Waals surface area contributed by atoms with Crippen LogP contribution in [0.5, 0.6) is 0 Å². The quantitative estimate of drug-likeness (QED) is 0.416. The number of aryl methyl sites for hydroxylation is 2. The lowest BCUT2D eigenvalue weighted by Crippen LogP contribution is -2.36. The predicted molar refractivity (Wildman–Crippen MR) is 105 cm³/mol. The van der Waals surface area contributed by atoms with Gasteiger partial charge in [0.15, 0.2) is 5.96 Å². The van der Waals surface area contributed by atoms with E-state index in [1.165, 1.54) is 10.9 Å². The standard InChI is InChI=1S/C16H21FN4S.HI/c1-4-18-16(21-10-15-19-8-12(3)22-15)20-9-13-5-6-14(17)11(2)7-13;/h5-8H,4,9-10H2,1-3H3,(H2,18,20,21);1H. The van der Waals surface area contributed by atoms with Crippen molar-refractivity contribution >= 4 is 41.3 Å². The van der Waals surface area contributed by atoms with Gasteiger partial charge in [-0.2, -0.15) is 0 Å². The lowest BCUT2D eigenvalue weighted by atomic mass is 10.1. The van der Waals surface area contributed by atoms with Crippen LogP contribution in [0.1, 0.15) is 27.9 Å². The van der Waals surface area contributed by atoms with Gasteiger partial charge < -0.3 is 10.6 Å². The molecule has 0 radical (unpaired) electrons. The molecule has 0 bridgehead atoms. The molecule has 0 aliphatic carbocycles. The number of halogens is 2. The van der Waals surface area contributed by atoms with Gasteiger partial charge in [0, 0.05) is 17.6 Å². The van der Waals surface area contributed by atoms with E-state index in [0.29, 0.717) is 18.7 Å².